The lowest BCUT2D eigenvalue weighted by molar-refractivity contribution is 0.389. The van der Waals surface area contributed by atoms with Crippen molar-refractivity contribution in [3.05, 3.63) is 54.1 Å². The summed E-state index contributed by atoms with van der Waals surface area (Å²) in [5.74, 6) is 0. The molecule has 2 heterocycles. The Kier molecular flexibility index (Phi) is 4.27. The molecule has 0 bridgehead atoms. The van der Waals surface area contributed by atoms with Crippen LogP contribution in [0.4, 0.5) is 5.69 Å². The van der Waals surface area contributed by atoms with Crippen LogP contribution in [-0.2, 0) is 19.3 Å². The minimum atomic E-state index is -3.49. The fraction of sp³-hybridized carbons (Fsp3) is 0.368. The number of hydrogen-bond acceptors (Lipinski definition) is 5. The Bertz CT molecular complexity index is 824. The highest BCUT2D eigenvalue weighted by molar-refractivity contribution is 7.91. The number of anilines is 1. The first-order valence-corrected chi connectivity index (χ1v) is 9.91. The van der Waals surface area contributed by atoms with Gasteiger partial charge in [0.15, 0.2) is 0 Å². The summed E-state index contributed by atoms with van der Waals surface area (Å²) in [4.78, 5) is 2.84. The molecule has 0 saturated carbocycles. The summed E-state index contributed by atoms with van der Waals surface area (Å²) < 4.78 is 36.2. The summed E-state index contributed by atoms with van der Waals surface area (Å²) in [6.45, 7) is 5.14. The highest BCUT2D eigenvalue weighted by Crippen LogP contribution is 2.26. The van der Waals surface area contributed by atoms with E-state index in [1.54, 1.807) is 24.3 Å². The summed E-state index contributed by atoms with van der Waals surface area (Å²) >= 11 is 0. The highest BCUT2D eigenvalue weighted by Gasteiger charge is 2.31. The lowest BCUT2D eigenvalue weighted by atomic mass is 10.2. The normalized spacial score (nSPS) is 21.8. The van der Waals surface area contributed by atoms with Crippen LogP contribution in [0.15, 0.2) is 58.3 Å². The van der Waals surface area contributed by atoms with Gasteiger partial charge in [-0.25, -0.2) is 8.42 Å². The Balaban J connectivity index is 1.56. The van der Waals surface area contributed by atoms with Gasteiger partial charge in [0.2, 0.25) is 9.84 Å². The van der Waals surface area contributed by atoms with E-state index in [1.165, 1.54) is 0 Å². The number of nitrogens with zero attached hydrogens (tertiary/aromatic N) is 1. The van der Waals surface area contributed by atoms with Crippen molar-refractivity contribution in [2.45, 2.75) is 28.9 Å². The molecule has 2 unspecified atom stereocenters. The molecule has 2 atom stereocenters. The standard InChI is InChI=1S/C19H21NO4S/c1-14-2-6-18(7-3-14)25(21,22)19-8-4-15(5-9-19)20(10-16-12-23-16)11-17-13-24-17/h2-9,16-17H,10-13H2,1H3. The fourth-order valence-electron chi connectivity index (χ4n) is 2.81. The van der Waals surface area contributed by atoms with Gasteiger partial charge in [0.05, 0.1) is 35.2 Å². The Morgan fingerprint density at radius 2 is 1.32 bits per heavy atom. The maximum absolute atomic E-state index is 12.7. The van der Waals surface area contributed by atoms with E-state index in [0.717, 1.165) is 37.6 Å². The number of benzene rings is 2. The second-order valence-electron chi connectivity index (χ2n) is 6.63. The predicted molar refractivity (Wildman–Crippen MR) is 94.8 cm³/mol. The van der Waals surface area contributed by atoms with Crippen LogP contribution in [-0.4, -0.2) is 46.9 Å². The lowest BCUT2D eigenvalue weighted by Crippen LogP contribution is -2.31. The fourth-order valence-corrected chi connectivity index (χ4v) is 4.07. The summed E-state index contributed by atoms with van der Waals surface area (Å²) in [6.07, 6.45) is 0.546. The molecule has 2 aromatic carbocycles. The third-order valence-corrected chi connectivity index (χ3v) is 6.28. The van der Waals surface area contributed by atoms with Crippen molar-refractivity contribution >= 4 is 15.5 Å². The summed E-state index contributed by atoms with van der Waals surface area (Å²) in [5.41, 5.74) is 2.03. The van der Waals surface area contributed by atoms with Crippen molar-refractivity contribution in [1.82, 2.24) is 0 Å². The first kappa shape index (κ1) is 16.6. The molecule has 25 heavy (non-hydrogen) atoms. The van der Waals surface area contributed by atoms with Gasteiger partial charge in [-0.3, -0.25) is 0 Å². The van der Waals surface area contributed by atoms with Crippen LogP contribution in [0.5, 0.6) is 0 Å². The van der Waals surface area contributed by atoms with Crippen molar-refractivity contribution in [1.29, 1.82) is 0 Å². The highest BCUT2D eigenvalue weighted by atomic mass is 32.2. The number of epoxide rings is 2. The van der Waals surface area contributed by atoms with E-state index in [1.807, 2.05) is 31.2 Å². The Morgan fingerprint density at radius 3 is 1.76 bits per heavy atom. The van der Waals surface area contributed by atoms with Gasteiger partial charge in [-0.2, -0.15) is 0 Å². The Labute approximate surface area is 148 Å². The topological polar surface area (TPSA) is 62.4 Å². The molecule has 4 rings (SSSR count). The quantitative estimate of drug-likeness (QED) is 0.711. The maximum Gasteiger partial charge on any atom is 0.206 e. The largest absolute Gasteiger partial charge is 0.371 e. The summed E-state index contributed by atoms with van der Waals surface area (Å²) in [7, 11) is -3.49. The molecule has 2 saturated heterocycles. The third-order valence-electron chi connectivity index (χ3n) is 4.50. The zero-order valence-corrected chi connectivity index (χ0v) is 14.9. The van der Waals surface area contributed by atoms with E-state index >= 15 is 0 Å². The van der Waals surface area contributed by atoms with Gasteiger partial charge in [-0.15, -0.1) is 0 Å². The molecule has 0 radical (unpaired) electrons. The van der Waals surface area contributed by atoms with Crippen LogP contribution in [0.2, 0.25) is 0 Å². The lowest BCUT2D eigenvalue weighted by Gasteiger charge is -2.23. The second kappa shape index (κ2) is 6.44. The third kappa shape index (κ3) is 3.86. The number of ether oxygens (including phenoxy) is 2. The van der Waals surface area contributed by atoms with E-state index in [9.17, 15) is 8.42 Å². The van der Waals surface area contributed by atoms with Crippen LogP contribution >= 0.6 is 0 Å². The molecule has 0 N–H and O–H groups in total. The van der Waals surface area contributed by atoms with E-state index in [0.29, 0.717) is 9.79 Å². The Hall–Kier alpha value is -1.89. The molecule has 0 spiro atoms. The van der Waals surface area contributed by atoms with E-state index in [-0.39, 0.29) is 12.2 Å². The Morgan fingerprint density at radius 1 is 0.880 bits per heavy atom. The van der Waals surface area contributed by atoms with Crippen molar-refractivity contribution < 1.29 is 17.9 Å². The van der Waals surface area contributed by atoms with Crippen molar-refractivity contribution in [3.8, 4) is 0 Å². The van der Waals surface area contributed by atoms with Gasteiger partial charge in [-0.1, -0.05) is 17.7 Å². The first-order valence-electron chi connectivity index (χ1n) is 8.42. The summed E-state index contributed by atoms with van der Waals surface area (Å²) in [5, 5.41) is 0. The average Bonchev–Trinajstić information content (AvgIpc) is 3.51. The van der Waals surface area contributed by atoms with E-state index in [2.05, 4.69) is 4.90 Å². The SMILES string of the molecule is Cc1ccc(S(=O)(=O)c2ccc(N(CC3CO3)CC3CO3)cc2)cc1. The van der Waals surface area contributed by atoms with Crippen LogP contribution in [0, 0.1) is 6.92 Å². The van der Waals surface area contributed by atoms with Crippen LogP contribution in [0.3, 0.4) is 0 Å². The number of aryl methyl sites for hydroxylation is 1. The molecule has 2 aliphatic heterocycles. The van der Waals surface area contributed by atoms with E-state index in [4.69, 9.17) is 9.47 Å². The number of rotatable bonds is 7. The molecule has 5 nitrogen and oxygen atoms in total. The number of sulfone groups is 1. The predicted octanol–water partition coefficient (Wildman–Crippen LogP) is 2.43. The number of hydrogen-bond donors (Lipinski definition) is 0. The van der Waals surface area contributed by atoms with Gasteiger partial charge < -0.3 is 14.4 Å². The first-order chi connectivity index (χ1) is 12.0. The van der Waals surface area contributed by atoms with Gasteiger partial charge in [-0.05, 0) is 43.3 Å². The molecular weight excluding hydrogens is 338 g/mol. The van der Waals surface area contributed by atoms with E-state index < -0.39 is 9.84 Å². The van der Waals surface area contributed by atoms with Gasteiger partial charge in [0.1, 0.15) is 0 Å². The summed E-state index contributed by atoms with van der Waals surface area (Å²) in [6, 6.07) is 14.0. The molecule has 0 aliphatic carbocycles. The minimum Gasteiger partial charge on any atom is -0.371 e. The molecule has 6 heteroatoms. The van der Waals surface area contributed by atoms with Gasteiger partial charge in [0, 0.05) is 18.8 Å². The molecule has 132 valence electrons. The second-order valence-corrected chi connectivity index (χ2v) is 8.58. The van der Waals surface area contributed by atoms with Gasteiger partial charge in [0.25, 0.3) is 0 Å². The molecule has 2 fully saturated rings. The van der Waals surface area contributed by atoms with Crippen LogP contribution < -0.4 is 4.90 Å². The van der Waals surface area contributed by atoms with Crippen LogP contribution in [0.1, 0.15) is 5.56 Å². The maximum atomic E-state index is 12.7. The zero-order valence-electron chi connectivity index (χ0n) is 14.1. The smallest absolute Gasteiger partial charge is 0.206 e. The van der Waals surface area contributed by atoms with Crippen molar-refractivity contribution in [2.75, 3.05) is 31.2 Å². The molecule has 0 aromatic heterocycles. The molecule has 0 amide bonds. The van der Waals surface area contributed by atoms with Crippen molar-refractivity contribution in [2.24, 2.45) is 0 Å². The minimum absolute atomic E-state index is 0.273. The van der Waals surface area contributed by atoms with Crippen LogP contribution in [0.25, 0.3) is 0 Å². The molecule has 2 aromatic rings. The van der Waals surface area contributed by atoms with Gasteiger partial charge >= 0.3 is 0 Å². The monoisotopic (exact) mass is 359 g/mol. The average molecular weight is 359 g/mol. The van der Waals surface area contributed by atoms with Crippen molar-refractivity contribution in [3.63, 3.8) is 0 Å². The molecular formula is C19H21NO4S. The molecule has 2 aliphatic rings. The zero-order chi connectivity index (χ0) is 17.4.